The predicted octanol–water partition coefficient (Wildman–Crippen LogP) is 4.20. The predicted molar refractivity (Wildman–Crippen MR) is 90.5 cm³/mol. The molecule has 5 nitrogen and oxygen atoms in total. The van der Waals surface area contributed by atoms with Crippen LogP contribution >= 0.6 is 0 Å². The maximum Gasteiger partial charge on any atom is 0.390 e. The van der Waals surface area contributed by atoms with Gasteiger partial charge < -0.3 is 9.42 Å². The summed E-state index contributed by atoms with van der Waals surface area (Å²) in [6.07, 6.45) is -5.10. The fraction of sp³-hybridized carbons (Fsp3) is 0.500. The van der Waals surface area contributed by atoms with E-state index in [2.05, 4.69) is 24.0 Å². The lowest BCUT2D eigenvalue weighted by Crippen LogP contribution is -2.30. The number of halogens is 3. The molecule has 0 saturated carbocycles. The van der Waals surface area contributed by atoms with Crippen molar-refractivity contribution in [3.63, 3.8) is 0 Å². The second-order valence-corrected chi connectivity index (χ2v) is 6.47. The highest BCUT2D eigenvalue weighted by molar-refractivity contribution is 5.76. The van der Waals surface area contributed by atoms with Gasteiger partial charge in [0.2, 0.25) is 17.6 Å². The summed E-state index contributed by atoms with van der Waals surface area (Å²) in [5.41, 5.74) is 2.00. The fourth-order valence-electron chi connectivity index (χ4n) is 2.31. The van der Waals surface area contributed by atoms with Gasteiger partial charge in [-0.1, -0.05) is 43.3 Å². The number of carbonyl (C=O) groups is 1. The molecule has 142 valence electrons. The zero-order valence-corrected chi connectivity index (χ0v) is 15.0. The van der Waals surface area contributed by atoms with Crippen LogP contribution in [0.3, 0.4) is 0 Å². The van der Waals surface area contributed by atoms with E-state index in [0.717, 1.165) is 10.5 Å². The number of hydrogen-bond acceptors (Lipinski definition) is 4. The van der Waals surface area contributed by atoms with Crippen LogP contribution in [0.25, 0.3) is 11.4 Å². The van der Waals surface area contributed by atoms with E-state index >= 15 is 0 Å². The van der Waals surface area contributed by atoms with Gasteiger partial charge in [0, 0.05) is 32.0 Å². The maximum atomic E-state index is 12.2. The van der Waals surface area contributed by atoms with Crippen molar-refractivity contribution in [1.29, 1.82) is 0 Å². The topological polar surface area (TPSA) is 59.2 Å². The van der Waals surface area contributed by atoms with Crippen LogP contribution < -0.4 is 0 Å². The number of carbonyl (C=O) groups excluding carboxylic acids is 1. The van der Waals surface area contributed by atoms with E-state index < -0.39 is 18.5 Å². The zero-order valence-electron chi connectivity index (χ0n) is 15.0. The van der Waals surface area contributed by atoms with Gasteiger partial charge in [-0.3, -0.25) is 4.79 Å². The van der Waals surface area contributed by atoms with Crippen LogP contribution in [-0.4, -0.2) is 40.7 Å². The average molecular weight is 369 g/mol. The van der Waals surface area contributed by atoms with Crippen LogP contribution in [0, 0.1) is 0 Å². The Balaban J connectivity index is 1.89. The molecule has 1 amide bonds. The summed E-state index contributed by atoms with van der Waals surface area (Å²) in [6, 6.07) is 7.80. The standard InChI is InChI=1S/C18H22F3N3O2/c1-12(2)13-4-6-14(7-5-13)17-22-15(26-23-17)8-9-16(25)24(3)11-10-18(19,20)21/h4-7,12H,8-11H2,1-3H3. The molecule has 0 N–H and O–H groups in total. The second kappa shape index (κ2) is 8.33. The molecule has 1 heterocycles. The van der Waals surface area contributed by atoms with Crippen LogP contribution in [0.1, 0.15) is 44.1 Å². The second-order valence-electron chi connectivity index (χ2n) is 6.47. The van der Waals surface area contributed by atoms with E-state index in [9.17, 15) is 18.0 Å². The highest BCUT2D eigenvalue weighted by Gasteiger charge is 2.28. The molecule has 0 aliphatic rings. The van der Waals surface area contributed by atoms with Gasteiger partial charge >= 0.3 is 6.18 Å². The number of benzene rings is 1. The molecule has 0 atom stereocenters. The van der Waals surface area contributed by atoms with E-state index in [4.69, 9.17) is 4.52 Å². The third-order valence-electron chi connectivity index (χ3n) is 4.01. The molecule has 8 heteroatoms. The number of nitrogens with zero attached hydrogens (tertiary/aromatic N) is 3. The Morgan fingerprint density at radius 3 is 2.46 bits per heavy atom. The van der Waals surface area contributed by atoms with Crippen molar-refractivity contribution in [1.82, 2.24) is 15.0 Å². The van der Waals surface area contributed by atoms with Gasteiger partial charge in [0.05, 0.1) is 6.42 Å². The first-order chi connectivity index (χ1) is 12.2. The van der Waals surface area contributed by atoms with E-state index in [1.165, 1.54) is 12.6 Å². The Hall–Kier alpha value is -2.38. The van der Waals surface area contributed by atoms with Crippen molar-refractivity contribution in [3.8, 4) is 11.4 Å². The van der Waals surface area contributed by atoms with E-state index in [0.29, 0.717) is 11.7 Å². The molecule has 1 aromatic carbocycles. The highest BCUT2D eigenvalue weighted by atomic mass is 19.4. The molecule has 1 aromatic heterocycles. The summed E-state index contributed by atoms with van der Waals surface area (Å²) in [6.45, 7) is 3.84. The third kappa shape index (κ3) is 5.86. The monoisotopic (exact) mass is 369 g/mol. The minimum absolute atomic E-state index is 0.0161. The van der Waals surface area contributed by atoms with Crippen molar-refractivity contribution >= 4 is 5.91 Å². The van der Waals surface area contributed by atoms with Crippen molar-refractivity contribution in [3.05, 3.63) is 35.7 Å². The van der Waals surface area contributed by atoms with Crippen LogP contribution in [0.4, 0.5) is 13.2 Å². The molecule has 2 rings (SSSR count). The minimum atomic E-state index is -4.28. The summed E-state index contributed by atoms with van der Waals surface area (Å²) in [4.78, 5) is 17.2. The summed E-state index contributed by atoms with van der Waals surface area (Å²) in [7, 11) is 1.35. The Labute approximate surface area is 150 Å². The number of rotatable bonds is 7. The summed E-state index contributed by atoms with van der Waals surface area (Å²) >= 11 is 0. The van der Waals surface area contributed by atoms with E-state index in [-0.39, 0.29) is 25.3 Å². The molecule has 0 aliphatic carbocycles. The quantitative estimate of drug-likeness (QED) is 0.734. The van der Waals surface area contributed by atoms with Crippen molar-refractivity contribution < 1.29 is 22.5 Å². The van der Waals surface area contributed by atoms with Gasteiger partial charge in [0.1, 0.15) is 0 Å². The molecule has 0 aliphatic heterocycles. The summed E-state index contributed by atoms with van der Waals surface area (Å²) in [5.74, 6) is 0.735. The lowest BCUT2D eigenvalue weighted by Gasteiger charge is -2.17. The van der Waals surface area contributed by atoms with Gasteiger partial charge in [-0.25, -0.2) is 0 Å². The van der Waals surface area contributed by atoms with Crippen LogP contribution in [0.15, 0.2) is 28.8 Å². The third-order valence-corrected chi connectivity index (χ3v) is 4.01. The van der Waals surface area contributed by atoms with Crippen molar-refractivity contribution in [2.45, 2.75) is 45.2 Å². The maximum absolute atomic E-state index is 12.2. The lowest BCUT2D eigenvalue weighted by atomic mass is 10.0. The Kier molecular flexibility index (Phi) is 6.39. The smallest absolute Gasteiger partial charge is 0.345 e. The van der Waals surface area contributed by atoms with Crippen molar-refractivity contribution in [2.75, 3.05) is 13.6 Å². The van der Waals surface area contributed by atoms with Gasteiger partial charge in [-0.2, -0.15) is 18.2 Å². The molecule has 0 fully saturated rings. The molecular weight excluding hydrogens is 347 g/mol. The number of aromatic nitrogens is 2. The molecular formula is C18H22F3N3O2. The number of alkyl halides is 3. The lowest BCUT2D eigenvalue weighted by molar-refractivity contribution is -0.144. The van der Waals surface area contributed by atoms with Crippen LogP contribution in [-0.2, 0) is 11.2 Å². The molecule has 0 bridgehead atoms. The van der Waals surface area contributed by atoms with Gasteiger partial charge in [-0.15, -0.1) is 0 Å². The highest BCUT2D eigenvalue weighted by Crippen LogP contribution is 2.21. The van der Waals surface area contributed by atoms with Gasteiger partial charge in [0.25, 0.3) is 0 Å². The normalized spacial score (nSPS) is 11.8. The molecule has 0 saturated heterocycles. The molecule has 0 spiro atoms. The zero-order chi connectivity index (χ0) is 19.3. The SMILES string of the molecule is CC(C)c1ccc(-c2noc(CCC(=O)N(C)CCC(F)(F)F)n2)cc1. The van der Waals surface area contributed by atoms with Gasteiger partial charge in [-0.05, 0) is 11.5 Å². The summed E-state index contributed by atoms with van der Waals surface area (Å²) < 4.78 is 41.7. The Bertz CT molecular complexity index is 724. The van der Waals surface area contributed by atoms with Crippen molar-refractivity contribution in [2.24, 2.45) is 0 Å². The van der Waals surface area contributed by atoms with E-state index in [1.807, 2.05) is 24.3 Å². The number of amides is 1. The number of hydrogen-bond donors (Lipinski definition) is 0. The molecule has 26 heavy (non-hydrogen) atoms. The Morgan fingerprint density at radius 1 is 1.23 bits per heavy atom. The Morgan fingerprint density at radius 2 is 1.88 bits per heavy atom. The number of aryl methyl sites for hydroxylation is 1. The van der Waals surface area contributed by atoms with Crippen LogP contribution in [0.5, 0.6) is 0 Å². The first-order valence-corrected chi connectivity index (χ1v) is 8.39. The first kappa shape index (κ1) is 19.9. The van der Waals surface area contributed by atoms with Crippen LogP contribution in [0.2, 0.25) is 0 Å². The van der Waals surface area contributed by atoms with Gasteiger partial charge in [0.15, 0.2) is 0 Å². The molecule has 0 unspecified atom stereocenters. The first-order valence-electron chi connectivity index (χ1n) is 8.39. The fourth-order valence-corrected chi connectivity index (χ4v) is 2.31. The molecule has 2 aromatic rings. The minimum Gasteiger partial charge on any atom is -0.345 e. The summed E-state index contributed by atoms with van der Waals surface area (Å²) in [5, 5.41) is 3.89. The molecule has 0 radical (unpaired) electrons. The average Bonchev–Trinajstić information content (AvgIpc) is 3.06. The van der Waals surface area contributed by atoms with E-state index in [1.54, 1.807) is 0 Å². The largest absolute Gasteiger partial charge is 0.390 e.